The molecule has 17 heavy (non-hydrogen) atoms. The van der Waals surface area contributed by atoms with Crippen molar-refractivity contribution in [3.63, 3.8) is 0 Å². The number of piperidine rings is 1. The Labute approximate surface area is 119 Å². The number of nitrogens with two attached hydrogens (primary N) is 1. The molecule has 0 aliphatic carbocycles. The number of pyridine rings is 1. The molecule has 1 aromatic heterocycles. The lowest BCUT2D eigenvalue weighted by molar-refractivity contribution is 0.156. The zero-order valence-corrected chi connectivity index (χ0v) is 13.0. The van der Waals surface area contributed by atoms with E-state index in [4.69, 9.17) is 5.73 Å². The minimum Gasteiger partial charge on any atom is -0.327 e. The largest absolute Gasteiger partial charge is 0.327 e. The molecule has 1 aliphatic heterocycles. The first kappa shape index (κ1) is 13.5. The van der Waals surface area contributed by atoms with Crippen LogP contribution in [0.2, 0.25) is 0 Å². The standard InChI is InChI=1S/C12H17Br2N3/c1-8-6-17(3-2-11(8)15)7-12-10(14)4-9(13)5-16-12/h4-5,8,11H,2-3,6-7,15H2,1H3. The van der Waals surface area contributed by atoms with Crippen molar-refractivity contribution < 1.29 is 0 Å². The third kappa shape index (κ3) is 3.50. The first-order chi connectivity index (χ1) is 8.06. The minimum absolute atomic E-state index is 0.354. The van der Waals surface area contributed by atoms with Gasteiger partial charge in [0.1, 0.15) is 0 Å². The van der Waals surface area contributed by atoms with Crippen molar-refractivity contribution in [3.8, 4) is 0 Å². The van der Waals surface area contributed by atoms with Crippen molar-refractivity contribution in [1.82, 2.24) is 9.88 Å². The summed E-state index contributed by atoms with van der Waals surface area (Å²) in [6.07, 6.45) is 2.93. The Hall–Kier alpha value is 0.0300. The van der Waals surface area contributed by atoms with Crippen LogP contribution in [0.5, 0.6) is 0 Å². The number of hydrogen-bond donors (Lipinski definition) is 1. The maximum atomic E-state index is 6.03. The fraction of sp³-hybridized carbons (Fsp3) is 0.583. The van der Waals surface area contributed by atoms with Crippen LogP contribution in [0.4, 0.5) is 0 Å². The molecule has 2 heterocycles. The Morgan fingerprint density at radius 1 is 1.53 bits per heavy atom. The molecule has 0 spiro atoms. The molecule has 0 saturated carbocycles. The van der Waals surface area contributed by atoms with E-state index in [2.05, 4.69) is 48.7 Å². The van der Waals surface area contributed by atoms with E-state index in [1.807, 2.05) is 12.3 Å². The maximum absolute atomic E-state index is 6.03. The van der Waals surface area contributed by atoms with Crippen LogP contribution in [0.3, 0.4) is 0 Å². The molecular weight excluding hydrogens is 346 g/mol. The monoisotopic (exact) mass is 361 g/mol. The summed E-state index contributed by atoms with van der Waals surface area (Å²) >= 11 is 6.97. The van der Waals surface area contributed by atoms with Crippen molar-refractivity contribution >= 4 is 31.9 Å². The smallest absolute Gasteiger partial charge is 0.0686 e. The van der Waals surface area contributed by atoms with Crippen LogP contribution in [0.1, 0.15) is 19.0 Å². The molecule has 1 fully saturated rings. The molecule has 2 N–H and O–H groups in total. The Morgan fingerprint density at radius 3 is 2.94 bits per heavy atom. The Morgan fingerprint density at radius 2 is 2.29 bits per heavy atom. The van der Waals surface area contributed by atoms with E-state index in [9.17, 15) is 0 Å². The zero-order chi connectivity index (χ0) is 12.4. The predicted molar refractivity (Wildman–Crippen MR) is 76.7 cm³/mol. The van der Waals surface area contributed by atoms with Gasteiger partial charge in [-0.3, -0.25) is 9.88 Å². The summed E-state index contributed by atoms with van der Waals surface area (Å²) in [7, 11) is 0. The van der Waals surface area contributed by atoms with Gasteiger partial charge >= 0.3 is 0 Å². The second kappa shape index (κ2) is 5.78. The number of halogens is 2. The molecule has 94 valence electrons. The maximum Gasteiger partial charge on any atom is 0.0686 e. The molecule has 1 aromatic rings. The molecule has 0 radical (unpaired) electrons. The highest BCUT2D eigenvalue weighted by molar-refractivity contribution is 9.11. The highest BCUT2D eigenvalue weighted by Crippen LogP contribution is 2.23. The lowest BCUT2D eigenvalue weighted by Gasteiger charge is -2.34. The number of nitrogens with zero attached hydrogens (tertiary/aromatic N) is 2. The van der Waals surface area contributed by atoms with Crippen molar-refractivity contribution in [2.75, 3.05) is 13.1 Å². The molecule has 2 rings (SSSR count). The summed E-state index contributed by atoms with van der Waals surface area (Å²) < 4.78 is 2.07. The van der Waals surface area contributed by atoms with Gasteiger partial charge in [0.05, 0.1) is 5.69 Å². The van der Waals surface area contributed by atoms with Gasteiger partial charge < -0.3 is 5.73 Å². The van der Waals surface area contributed by atoms with Crippen LogP contribution in [-0.4, -0.2) is 29.0 Å². The fourth-order valence-corrected chi connectivity index (χ4v) is 3.28. The molecule has 1 aliphatic rings. The topological polar surface area (TPSA) is 42.2 Å². The van der Waals surface area contributed by atoms with Gasteiger partial charge in [-0.25, -0.2) is 0 Å². The van der Waals surface area contributed by atoms with Crippen molar-refractivity contribution in [1.29, 1.82) is 0 Å². The van der Waals surface area contributed by atoms with E-state index in [1.54, 1.807) is 0 Å². The highest BCUT2D eigenvalue weighted by Gasteiger charge is 2.23. The molecule has 1 saturated heterocycles. The Balaban J connectivity index is 2.01. The number of aromatic nitrogens is 1. The normalized spacial score (nSPS) is 26.1. The van der Waals surface area contributed by atoms with Gasteiger partial charge in [-0.1, -0.05) is 6.92 Å². The van der Waals surface area contributed by atoms with E-state index in [0.29, 0.717) is 12.0 Å². The average molecular weight is 363 g/mol. The van der Waals surface area contributed by atoms with Gasteiger partial charge in [0.15, 0.2) is 0 Å². The van der Waals surface area contributed by atoms with Gasteiger partial charge in [-0.15, -0.1) is 0 Å². The molecule has 0 amide bonds. The van der Waals surface area contributed by atoms with Gasteiger partial charge in [0.2, 0.25) is 0 Å². The van der Waals surface area contributed by atoms with Gasteiger partial charge in [-0.05, 0) is 50.3 Å². The minimum atomic E-state index is 0.354. The Bertz CT molecular complexity index is 397. The van der Waals surface area contributed by atoms with Crippen LogP contribution in [0, 0.1) is 5.92 Å². The van der Waals surface area contributed by atoms with Gasteiger partial charge in [0.25, 0.3) is 0 Å². The van der Waals surface area contributed by atoms with E-state index < -0.39 is 0 Å². The fourth-order valence-electron chi connectivity index (χ4n) is 2.16. The van der Waals surface area contributed by atoms with E-state index in [1.165, 1.54) is 0 Å². The van der Waals surface area contributed by atoms with Crippen LogP contribution in [-0.2, 0) is 6.54 Å². The van der Waals surface area contributed by atoms with Crippen molar-refractivity contribution in [2.24, 2.45) is 11.7 Å². The molecule has 0 bridgehead atoms. The number of likely N-dealkylation sites (tertiary alicyclic amines) is 1. The van der Waals surface area contributed by atoms with Crippen molar-refractivity contribution in [2.45, 2.75) is 25.9 Å². The lowest BCUT2D eigenvalue weighted by Crippen LogP contribution is -2.45. The van der Waals surface area contributed by atoms with E-state index in [0.717, 1.165) is 40.7 Å². The SMILES string of the molecule is CC1CN(Cc2ncc(Br)cc2Br)CCC1N. The number of hydrogen-bond acceptors (Lipinski definition) is 3. The van der Waals surface area contributed by atoms with Crippen LogP contribution in [0.25, 0.3) is 0 Å². The Kier molecular flexibility index (Phi) is 4.58. The third-order valence-electron chi connectivity index (χ3n) is 3.31. The molecular formula is C12H17Br2N3. The summed E-state index contributed by atoms with van der Waals surface area (Å²) in [5, 5.41) is 0. The average Bonchev–Trinajstić information content (AvgIpc) is 2.27. The molecule has 3 nitrogen and oxygen atoms in total. The first-order valence-corrected chi connectivity index (χ1v) is 7.42. The quantitative estimate of drug-likeness (QED) is 0.879. The zero-order valence-electron chi connectivity index (χ0n) is 9.87. The second-order valence-electron chi connectivity index (χ2n) is 4.75. The van der Waals surface area contributed by atoms with Crippen molar-refractivity contribution in [3.05, 3.63) is 26.9 Å². The van der Waals surface area contributed by atoms with Crippen LogP contribution < -0.4 is 5.73 Å². The predicted octanol–water partition coefficient (Wildman–Crippen LogP) is 2.78. The summed E-state index contributed by atoms with van der Waals surface area (Å²) in [5.74, 6) is 0.568. The molecule has 5 heteroatoms. The van der Waals surface area contributed by atoms with Gasteiger partial charge in [0, 0.05) is 40.8 Å². The second-order valence-corrected chi connectivity index (χ2v) is 6.52. The first-order valence-electron chi connectivity index (χ1n) is 5.84. The molecule has 2 atom stereocenters. The molecule has 2 unspecified atom stereocenters. The summed E-state index contributed by atoms with van der Waals surface area (Å²) in [4.78, 5) is 6.87. The summed E-state index contributed by atoms with van der Waals surface area (Å²) in [6, 6.07) is 2.40. The van der Waals surface area contributed by atoms with E-state index in [-0.39, 0.29) is 0 Å². The van der Waals surface area contributed by atoms with E-state index >= 15 is 0 Å². The number of rotatable bonds is 2. The lowest BCUT2D eigenvalue weighted by atomic mass is 9.95. The third-order valence-corrected chi connectivity index (χ3v) is 4.43. The van der Waals surface area contributed by atoms with Crippen LogP contribution >= 0.6 is 31.9 Å². The summed E-state index contributed by atoms with van der Waals surface area (Å²) in [5.41, 5.74) is 7.12. The molecule has 0 aromatic carbocycles. The summed E-state index contributed by atoms with van der Waals surface area (Å²) in [6.45, 7) is 5.24. The van der Waals surface area contributed by atoms with Crippen LogP contribution in [0.15, 0.2) is 21.2 Å². The highest BCUT2D eigenvalue weighted by atomic mass is 79.9. The van der Waals surface area contributed by atoms with Gasteiger partial charge in [-0.2, -0.15) is 0 Å².